The molecule has 1 aromatic carbocycles. The zero-order valence-corrected chi connectivity index (χ0v) is 13.8. The Hall–Kier alpha value is -2.41. The van der Waals surface area contributed by atoms with Crippen LogP contribution in [0.4, 0.5) is 13.2 Å². The van der Waals surface area contributed by atoms with Crippen LogP contribution in [0.25, 0.3) is 0 Å². The van der Waals surface area contributed by atoms with Crippen LogP contribution in [0.5, 0.6) is 0 Å². The Morgan fingerprint density at radius 3 is 2.60 bits per heavy atom. The molecule has 0 saturated carbocycles. The molecule has 0 unspecified atom stereocenters. The predicted molar refractivity (Wildman–Crippen MR) is 86.0 cm³/mol. The van der Waals surface area contributed by atoms with Crippen molar-refractivity contribution in [3.05, 3.63) is 65.2 Å². The van der Waals surface area contributed by atoms with Gasteiger partial charge < -0.3 is 10.2 Å². The summed E-state index contributed by atoms with van der Waals surface area (Å²) in [4.78, 5) is 17.7. The number of hydrogen-bond acceptors (Lipinski definition) is 3. The molecule has 0 bridgehead atoms. The largest absolute Gasteiger partial charge is 0.337 e. The number of likely N-dealkylation sites (N-methyl/N-ethyl adjacent to an activating group) is 1. The number of rotatable bonds is 4. The number of halogens is 3. The fourth-order valence-electron chi connectivity index (χ4n) is 3.22. The van der Waals surface area contributed by atoms with Crippen LogP contribution in [0.15, 0.2) is 36.5 Å². The van der Waals surface area contributed by atoms with Gasteiger partial charge in [-0.05, 0) is 36.8 Å². The molecule has 3 rings (SSSR count). The maximum Gasteiger partial charge on any atom is 0.224 e. The maximum atomic E-state index is 13.6. The number of nitrogens with zero attached hydrogens (tertiary/aromatic N) is 2. The van der Waals surface area contributed by atoms with Crippen molar-refractivity contribution in [2.75, 3.05) is 7.05 Å². The number of carbonyl (C=O) groups is 1. The number of hydrogen-bond donors (Lipinski definition) is 1. The minimum absolute atomic E-state index is 0.0912. The first-order valence-corrected chi connectivity index (χ1v) is 7.95. The summed E-state index contributed by atoms with van der Waals surface area (Å²) in [5, 5.41) is 3.29. The van der Waals surface area contributed by atoms with Gasteiger partial charge in [-0.3, -0.25) is 9.78 Å². The molecule has 1 amide bonds. The van der Waals surface area contributed by atoms with Crippen LogP contribution in [0.3, 0.4) is 0 Å². The topological polar surface area (TPSA) is 45.2 Å². The van der Waals surface area contributed by atoms with Gasteiger partial charge in [-0.1, -0.05) is 6.07 Å². The second kappa shape index (κ2) is 6.84. The monoisotopic (exact) mass is 349 g/mol. The lowest BCUT2D eigenvalue weighted by Gasteiger charge is -2.28. The van der Waals surface area contributed by atoms with E-state index >= 15 is 0 Å². The lowest BCUT2D eigenvalue weighted by molar-refractivity contribution is -0.127. The highest BCUT2D eigenvalue weighted by Gasteiger charge is 2.39. The van der Waals surface area contributed by atoms with Crippen LogP contribution in [0.2, 0.25) is 0 Å². The van der Waals surface area contributed by atoms with Crippen molar-refractivity contribution in [1.82, 2.24) is 15.2 Å². The first-order valence-electron chi connectivity index (χ1n) is 7.95. The molecular weight excluding hydrogens is 331 g/mol. The summed E-state index contributed by atoms with van der Waals surface area (Å²) in [7, 11) is 1.64. The molecule has 0 radical (unpaired) electrons. The summed E-state index contributed by atoms with van der Waals surface area (Å²) in [5.41, 5.74) is 1.15. The molecule has 1 N–H and O–H groups in total. The van der Waals surface area contributed by atoms with Crippen molar-refractivity contribution in [3.63, 3.8) is 0 Å². The Balaban J connectivity index is 1.84. The van der Waals surface area contributed by atoms with Crippen molar-refractivity contribution < 1.29 is 18.0 Å². The Morgan fingerprint density at radius 1 is 1.20 bits per heavy atom. The number of benzene rings is 1. The first-order chi connectivity index (χ1) is 11.9. The number of aromatic nitrogens is 1. The van der Waals surface area contributed by atoms with Crippen LogP contribution in [-0.4, -0.2) is 28.9 Å². The molecule has 1 saturated heterocycles. The summed E-state index contributed by atoms with van der Waals surface area (Å²) in [5.74, 6) is -2.39. The number of likely N-dealkylation sites (tertiary alicyclic amines) is 1. The smallest absolute Gasteiger partial charge is 0.224 e. The second-order valence-corrected chi connectivity index (χ2v) is 6.22. The molecule has 1 aromatic heterocycles. The van der Waals surface area contributed by atoms with E-state index in [2.05, 4.69) is 10.3 Å². The van der Waals surface area contributed by atoms with Crippen LogP contribution in [0, 0.1) is 17.5 Å². The second-order valence-electron chi connectivity index (χ2n) is 6.22. The first kappa shape index (κ1) is 17.4. The lowest BCUT2D eigenvalue weighted by Crippen LogP contribution is -2.37. The molecule has 1 fully saturated rings. The fourth-order valence-corrected chi connectivity index (χ4v) is 3.22. The average molecular weight is 349 g/mol. The van der Waals surface area contributed by atoms with E-state index in [0.717, 1.165) is 18.3 Å². The third-order valence-electron chi connectivity index (χ3n) is 4.53. The standard InChI is InChI=1S/C18H18F3N3O/c1-10(15-6-4-12(19)9-22-15)23-16-8-17(25)24(2)18(16)11-3-5-13(20)14(21)7-11/h3-7,9-10,16,18,23H,8H2,1-2H3/t10-,16+,18-/m0/s1. The zero-order valence-electron chi connectivity index (χ0n) is 13.8. The highest BCUT2D eigenvalue weighted by molar-refractivity contribution is 5.80. The molecule has 132 valence electrons. The Labute approximate surface area is 143 Å². The van der Waals surface area contributed by atoms with Gasteiger partial charge in [0.1, 0.15) is 5.82 Å². The van der Waals surface area contributed by atoms with Gasteiger partial charge in [0.25, 0.3) is 0 Å². The van der Waals surface area contributed by atoms with E-state index in [1.54, 1.807) is 13.1 Å². The van der Waals surface area contributed by atoms with Crippen LogP contribution < -0.4 is 5.32 Å². The summed E-state index contributed by atoms with van der Waals surface area (Å²) in [6, 6.07) is 5.58. The molecule has 1 aliphatic rings. The van der Waals surface area contributed by atoms with Gasteiger partial charge in [0, 0.05) is 25.6 Å². The summed E-state index contributed by atoms with van der Waals surface area (Å²) >= 11 is 0. The molecule has 3 atom stereocenters. The van der Waals surface area contributed by atoms with Gasteiger partial charge in [-0.25, -0.2) is 13.2 Å². The highest BCUT2D eigenvalue weighted by atomic mass is 19.2. The minimum atomic E-state index is -0.947. The summed E-state index contributed by atoms with van der Waals surface area (Å²) < 4.78 is 39.8. The van der Waals surface area contributed by atoms with Crippen LogP contribution in [0.1, 0.15) is 36.7 Å². The van der Waals surface area contributed by atoms with Crippen molar-refractivity contribution in [2.24, 2.45) is 0 Å². The van der Waals surface area contributed by atoms with E-state index in [-0.39, 0.29) is 24.4 Å². The number of nitrogens with one attached hydrogen (secondary N) is 1. The van der Waals surface area contributed by atoms with Gasteiger partial charge >= 0.3 is 0 Å². The molecular formula is C18H18F3N3O. The van der Waals surface area contributed by atoms with Crippen molar-refractivity contribution in [1.29, 1.82) is 0 Å². The normalized spacial score (nSPS) is 21.6. The van der Waals surface area contributed by atoms with E-state index in [1.807, 2.05) is 6.92 Å². The van der Waals surface area contributed by atoms with Crippen LogP contribution >= 0.6 is 0 Å². The van der Waals surface area contributed by atoms with E-state index in [0.29, 0.717) is 11.3 Å². The highest BCUT2D eigenvalue weighted by Crippen LogP contribution is 2.33. The average Bonchev–Trinajstić information content (AvgIpc) is 2.85. The number of amides is 1. The minimum Gasteiger partial charge on any atom is -0.337 e. The van der Waals surface area contributed by atoms with Crippen molar-refractivity contribution >= 4 is 5.91 Å². The molecule has 25 heavy (non-hydrogen) atoms. The van der Waals surface area contributed by atoms with Gasteiger partial charge in [0.2, 0.25) is 5.91 Å². The third-order valence-corrected chi connectivity index (χ3v) is 4.53. The molecule has 1 aliphatic heterocycles. The molecule has 2 heterocycles. The van der Waals surface area contributed by atoms with E-state index in [1.165, 1.54) is 17.0 Å². The maximum absolute atomic E-state index is 13.6. The zero-order chi connectivity index (χ0) is 18.1. The third kappa shape index (κ3) is 3.51. The van der Waals surface area contributed by atoms with Gasteiger partial charge in [-0.2, -0.15) is 0 Å². The Morgan fingerprint density at radius 2 is 1.96 bits per heavy atom. The number of pyridine rings is 1. The van der Waals surface area contributed by atoms with Gasteiger partial charge in [0.15, 0.2) is 11.6 Å². The SMILES string of the molecule is C[C@H](N[C@@H]1CC(=O)N(C)[C@H]1c1ccc(F)c(F)c1)c1ccc(F)cn1. The predicted octanol–water partition coefficient (Wildman–Crippen LogP) is 3.12. The quantitative estimate of drug-likeness (QED) is 0.922. The van der Waals surface area contributed by atoms with E-state index in [9.17, 15) is 18.0 Å². The Kier molecular flexibility index (Phi) is 4.76. The molecule has 7 heteroatoms. The van der Waals surface area contributed by atoms with E-state index in [4.69, 9.17) is 0 Å². The number of carbonyl (C=O) groups excluding carboxylic acids is 1. The Bertz CT molecular complexity index is 782. The molecule has 4 nitrogen and oxygen atoms in total. The summed E-state index contributed by atoms with van der Waals surface area (Å²) in [6.07, 6.45) is 1.36. The van der Waals surface area contributed by atoms with Gasteiger partial charge in [-0.15, -0.1) is 0 Å². The van der Waals surface area contributed by atoms with Gasteiger partial charge in [0.05, 0.1) is 17.9 Å². The summed E-state index contributed by atoms with van der Waals surface area (Å²) in [6.45, 7) is 1.85. The molecule has 2 aromatic rings. The van der Waals surface area contributed by atoms with Crippen LogP contribution in [-0.2, 0) is 4.79 Å². The fraction of sp³-hybridized carbons (Fsp3) is 0.333. The lowest BCUT2D eigenvalue weighted by atomic mass is 9.98. The van der Waals surface area contributed by atoms with Crippen molar-refractivity contribution in [2.45, 2.75) is 31.5 Å². The van der Waals surface area contributed by atoms with E-state index < -0.39 is 23.5 Å². The van der Waals surface area contributed by atoms with Crippen molar-refractivity contribution in [3.8, 4) is 0 Å². The molecule has 0 aliphatic carbocycles. The molecule has 0 spiro atoms.